The van der Waals surface area contributed by atoms with E-state index in [1.165, 1.54) is 11.8 Å². The minimum absolute atomic E-state index is 0.272. The number of rotatable bonds is 6. The quantitative estimate of drug-likeness (QED) is 0.711. The molecule has 0 radical (unpaired) electrons. The predicted molar refractivity (Wildman–Crippen MR) is 65.0 cm³/mol. The molecule has 84 valence electrons. The molecule has 0 atom stereocenters. The highest BCUT2D eigenvalue weighted by molar-refractivity contribution is 8.00. The zero-order chi connectivity index (χ0) is 11.1. The van der Waals surface area contributed by atoms with Crippen molar-refractivity contribution < 1.29 is 8.42 Å². The summed E-state index contributed by atoms with van der Waals surface area (Å²) in [5.74, 6) is 1.91. The molecule has 0 amide bonds. The van der Waals surface area contributed by atoms with Gasteiger partial charge in [-0.2, -0.15) is 11.8 Å². The number of thioether (sulfide) groups is 1. The second-order valence-electron chi connectivity index (χ2n) is 3.35. The Labute approximate surface area is 95.2 Å². The molecule has 0 spiro atoms. The number of aryl methyl sites for hydroxylation is 1. The molecule has 0 aliphatic rings. The van der Waals surface area contributed by atoms with Gasteiger partial charge < -0.3 is 0 Å². The minimum Gasteiger partial charge on any atom is -0.265 e. The monoisotopic (exact) mass is 245 g/mol. The van der Waals surface area contributed by atoms with E-state index in [1.807, 2.05) is 12.1 Å². The number of pyridine rings is 1. The van der Waals surface area contributed by atoms with Crippen LogP contribution in [0.4, 0.5) is 0 Å². The Morgan fingerprint density at radius 1 is 1.27 bits per heavy atom. The van der Waals surface area contributed by atoms with Crippen LogP contribution >= 0.6 is 11.8 Å². The first-order chi connectivity index (χ1) is 7.08. The first kappa shape index (κ1) is 12.5. The van der Waals surface area contributed by atoms with Crippen LogP contribution in [0.15, 0.2) is 24.5 Å². The molecule has 0 aliphatic heterocycles. The van der Waals surface area contributed by atoms with Crippen molar-refractivity contribution in [1.82, 2.24) is 4.98 Å². The highest BCUT2D eigenvalue weighted by Crippen LogP contribution is 2.06. The van der Waals surface area contributed by atoms with E-state index in [9.17, 15) is 8.42 Å². The molecule has 1 aromatic rings. The molecule has 5 heteroatoms. The van der Waals surface area contributed by atoms with Crippen molar-refractivity contribution in [2.45, 2.75) is 6.42 Å². The number of hydrogen-bond acceptors (Lipinski definition) is 4. The third-order valence-electron chi connectivity index (χ3n) is 1.88. The Bertz CT molecular complexity index is 376. The van der Waals surface area contributed by atoms with Crippen molar-refractivity contribution >= 4 is 21.6 Å². The first-order valence-electron chi connectivity index (χ1n) is 4.72. The van der Waals surface area contributed by atoms with Gasteiger partial charge in [0.05, 0.1) is 5.75 Å². The highest BCUT2D eigenvalue weighted by atomic mass is 32.2. The van der Waals surface area contributed by atoms with Gasteiger partial charge in [0.25, 0.3) is 0 Å². The Hall–Kier alpha value is -0.550. The third-order valence-corrected chi connectivity index (χ3v) is 4.07. The molecule has 0 fully saturated rings. The van der Waals surface area contributed by atoms with E-state index in [-0.39, 0.29) is 5.75 Å². The zero-order valence-electron chi connectivity index (χ0n) is 8.72. The highest BCUT2D eigenvalue weighted by Gasteiger charge is 2.01. The fourth-order valence-electron chi connectivity index (χ4n) is 1.05. The summed E-state index contributed by atoms with van der Waals surface area (Å²) in [5, 5.41) is 0. The van der Waals surface area contributed by atoms with Crippen LogP contribution in [0.5, 0.6) is 0 Å². The SMILES string of the molecule is CS(=O)(=O)CCSCCc1ccncc1. The van der Waals surface area contributed by atoms with Crippen molar-refractivity contribution in [2.24, 2.45) is 0 Å². The van der Waals surface area contributed by atoms with Crippen molar-refractivity contribution in [3.8, 4) is 0 Å². The second-order valence-corrected chi connectivity index (χ2v) is 6.83. The van der Waals surface area contributed by atoms with Gasteiger partial charge in [0.1, 0.15) is 9.84 Å². The lowest BCUT2D eigenvalue weighted by atomic mass is 10.2. The van der Waals surface area contributed by atoms with Gasteiger partial charge in [-0.15, -0.1) is 0 Å². The van der Waals surface area contributed by atoms with E-state index < -0.39 is 9.84 Å². The molecule has 15 heavy (non-hydrogen) atoms. The lowest BCUT2D eigenvalue weighted by molar-refractivity contribution is 0.603. The smallest absolute Gasteiger partial charge is 0.148 e. The van der Waals surface area contributed by atoms with E-state index in [1.54, 1.807) is 24.2 Å². The van der Waals surface area contributed by atoms with Crippen LogP contribution in [0.2, 0.25) is 0 Å². The number of aromatic nitrogens is 1. The van der Waals surface area contributed by atoms with Gasteiger partial charge in [0.15, 0.2) is 0 Å². The fraction of sp³-hybridized carbons (Fsp3) is 0.500. The molecule has 0 aliphatic carbocycles. The van der Waals surface area contributed by atoms with E-state index in [2.05, 4.69) is 4.98 Å². The molecule has 1 aromatic heterocycles. The summed E-state index contributed by atoms with van der Waals surface area (Å²) in [6.07, 6.45) is 5.79. The summed E-state index contributed by atoms with van der Waals surface area (Å²) in [4.78, 5) is 3.94. The van der Waals surface area contributed by atoms with Gasteiger partial charge in [0.2, 0.25) is 0 Å². The lowest BCUT2D eigenvalue weighted by Gasteiger charge is -2.00. The van der Waals surface area contributed by atoms with Crippen molar-refractivity contribution in [2.75, 3.05) is 23.5 Å². The van der Waals surface area contributed by atoms with E-state index in [0.29, 0.717) is 5.75 Å². The topological polar surface area (TPSA) is 47.0 Å². The number of nitrogens with zero attached hydrogens (tertiary/aromatic N) is 1. The Morgan fingerprint density at radius 3 is 2.53 bits per heavy atom. The molecule has 0 bridgehead atoms. The van der Waals surface area contributed by atoms with Crippen LogP contribution in [0, 0.1) is 0 Å². The molecule has 1 rings (SSSR count). The van der Waals surface area contributed by atoms with Gasteiger partial charge in [0, 0.05) is 24.4 Å². The van der Waals surface area contributed by atoms with Crippen LogP contribution in [0.25, 0.3) is 0 Å². The average Bonchev–Trinajstić information content (AvgIpc) is 2.17. The molecular formula is C10H15NO2S2. The van der Waals surface area contributed by atoms with Gasteiger partial charge in [-0.05, 0) is 29.9 Å². The van der Waals surface area contributed by atoms with Crippen LogP contribution in [0.1, 0.15) is 5.56 Å². The maximum Gasteiger partial charge on any atom is 0.148 e. The van der Waals surface area contributed by atoms with Gasteiger partial charge >= 0.3 is 0 Å². The van der Waals surface area contributed by atoms with Crippen LogP contribution in [-0.2, 0) is 16.3 Å². The maximum atomic E-state index is 10.8. The molecule has 3 nitrogen and oxygen atoms in total. The Morgan fingerprint density at radius 2 is 1.93 bits per heavy atom. The molecule has 0 saturated heterocycles. The van der Waals surface area contributed by atoms with Crippen molar-refractivity contribution in [3.63, 3.8) is 0 Å². The molecule has 0 N–H and O–H groups in total. The number of hydrogen-bond donors (Lipinski definition) is 0. The molecule has 0 saturated carbocycles. The van der Waals surface area contributed by atoms with Crippen LogP contribution in [-0.4, -0.2) is 36.9 Å². The molecule has 1 heterocycles. The summed E-state index contributed by atoms with van der Waals surface area (Å²) < 4.78 is 21.7. The Kier molecular flexibility index (Phi) is 5.11. The average molecular weight is 245 g/mol. The zero-order valence-corrected chi connectivity index (χ0v) is 10.4. The second kappa shape index (κ2) is 6.12. The first-order valence-corrected chi connectivity index (χ1v) is 7.94. The normalized spacial score (nSPS) is 11.5. The van der Waals surface area contributed by atoms with E-state index >= 15 is 0 Å². The van der Waals surface area contributed by atoms with Crippen LogP contribution in [0.3, 0.4) is 0 Å². The molecular weight excluding hydrogens is 230 g/mol. The summed E-state index contributed by atoms with van der Waals surface area (Å²) >= 11 is 1.68. The fourth-order valence-corrected chi connectivity index (χ4v) is 3.32. The lowest BCUT2D eigenvalue weighted by Crippen LogP contribution is -2.05. The maximum absolute atomic E-state index is 10.8. The van der Waals surface area contributed by atoms with Gasteiger partial charge in [-0.25, -0.2) is 8.42 Å². The van der Waals surface area contributed by atoms with Crippen LogP contribution < -0.4 is 0 Å². The standard InChI is InChI=1S/C10H15NO2S2/c1-15(12,13)9-8-14-7-4-10-2-5-11-6-3-10/h2-3,5-6H,4,7-9H2,1H3. The third kappa shape index (κ3) is 6.52. The summed E-state index contributed by atoms with van der Waals surface area (Å²) in [6, 6.07) is 3.97. The predicted octanol–water partition coefficient (Wildman–Crippen LogP) is 1.40. The molecule has 0 unspecified atom stereocenters. The minimum atomic E-state index is -2.80. The summed E-state index contributed by atoms with van der Waals surface area (Å²) in [7, 11) is -2.80. The summed E-state index contributed by atoms with van der Waals surface area (Å²) in [5.41, 5.74) is 1.25. The van der Waals surface area contributed by atoms with E-state index in [4.69, 9.17) is 0 Å². The van der Waals surface area contributed by atoms with Gasteiger partial charge in [-0.1, -0.05) is 0 Å². The summed E-state index contributed by atoms with van der Waals surface area (Å²) in [6.45, 7) is 0. The molecule has 0 aromatic carbocycles. The van der Waals surface area contributed by atoms with Crippen molar-refractivity contribution in [1.29, 1.82) is 0 Å². The van der Waals surface area contributed by atoms with Crippen molar-refractivity contribution in [3.05, 3.63) is 30.1 Å². The van der Waals surface area contributed by atoms with Gasteiger partial charge in [-0.3, -0.25) is 4.98 Å². The largest absolute Gasteiger partial charge is 0.265 e. The number of sulfone groups is 1. The Balaban J connectivity index is 2.13. The van der Waals surface area contributed by atoms with E-state index in [0.717, 1.165) is 12.2 Å².